The maximum atomic E-state index is 13.2. The van der Waals surface area contributed by atoms with Gasteiger partial charge in [0.05, 0.1) is 14.2 Å². The zero-order chi connectivity index (χ0) is 17.1. The summed E-state index contributed by atoms with van der Waals surface area (Å²) < 4.78 is 23.6. The Labute approximate surface area is 141 Å². The molecule has 0 saturated carbocycles. The van der Waals surface area contributed by atoms with Crippen molar-refractivity contribution < 1.29 is 19.0 Å². The van der Waals surface area contributed by atoms with Crippen LogP contribution < -0.4 is 9.47 Å². The van der Waals surface area contributed by atoms with Crippen molar-refractivity contribution in [3.05, 3.63) is 53.3 Å². The molecule has 1 saturated heterocycles. The van der Waals surface area contributed by atoms with Crippen LogP contribution in [0, 0.1) is 5.82 Å². The van der Waals surface area contributed by atoms with E-state index in [1.54, 1.807) is 0 Å². The summed E-state index contributed by atoms with van der Waals surface area (Å²) in [6.45, 7) is 1.70. The lowest BCUT2D eigenvalue weighted by atomic mass is 10.0. The van der Waals surface area contributed by atoms with Crippen molar-refractivity contribution in [3.8, 4) is 17.2 Å². The summed E-state index contributed by atoms with van der Waals surface area (Å²) in [7, 11) is 3.05. The van der Waals surface area contributed by atoms with Gasteiger partial charge in [-0.3, -0.25) is 4.90 Å². The highest BCUT2D eigenvalue weighted by molar-refractivity contribution is 5.52. The fraction of sp³-hybridized carbons (Fsp3) is 0.368. The van der Waals surface area contributed by atoms with Gasteiger partial charge in [0.15, 0.2) is 11.5 Å². The van der Waals surface area contributed by atoms with E-state index in [-0.39, 0.29) is 17.6 Å². The van der Waals surface area contributed by atoms with E-state index >= 15 is 0 Å². The topological polar surface area (TPSA) is 41.9 Å². The van der Waals surface area contributed by atoms with Crippen molar-refractivity contribution in [2.75, 3.05) is 20.8 Å². The third-order valence-corrected chi connectivity index (χ3v) is 4.54. The van der Waals surface area contributed by atoms with Crippen LogP contribution in [0.5, 0.6) is 17.2 Å². The monoisotopic (exact) mass is 331 g/mol. The van der Waals surface area contributed by atoms with Crippen LogP contribution in [0.2, 0.25) is 0 Å². The Morgan fingerprint density at radius 3 is 2.33 bits per heavy atom. The molecule has 0 amide bonds. The Morgan fingerprint density at radius 1 is 1.12 bits per heavy atom. The molecule has 1 aliphatic heterocycles. The zero-order valence-electron chi connectivity index (χ0n) is 14.0. The number of methoxy groups -OCH3 is 2. The summed E-state index contributed by atoms with van der Waals surface area (Å²) in [4.78, 5) is 2.36. The number of nitrogens with zero attached hydrogens (tertiary/aromatic N) is 1. The van der Waals surface area contributed by atoms with Crippen molar-refractivity contribution in [1.82, 2.24) is 4.90 Å². The first-order valence-electron chi connectivity index (χ1n) is 8.05. The van der Waals surface area contributed by atoms with Crippen LogP contribution >= 0.6 is 0 Å². The highest BCUT2D eigenvalue weighted by Crippen LogP contribution is 2.39. The first kappa shape index (κ1) is 16.6. The predicted molar refractivity (Wildman–Crippen MR) is 90.0 cm³/mol. The van der Waals surface area contributed by atoms with E-state index in [2.05, 4.69) is 4.90 Å². The lowest BCUT2D eigenvalue weighted by molar-refractivity contribution is 0.247. The minimum Gasteiger partial charge on any atom is -0.502 e. The molecule has 4 nitrogen and oxygen atoms in total. The number of hydrogen-bond acceptors (Lipinski definition) is 4. The molecule has 0 spiro atoms. The molecule has 0 bridgehead atoms. The molecule has 1 heterocycles. The quantitative estimate of drug-likeness (QED) is 0.903. The van der Waals surface area contributed by atoms with E-state index in [4.69, 9.17) is 9.47 Å². The number of phenols is 1. The Kier molecular flexibility index (Phi) is 4.90. The van der Waals surface area contributed by atoms with E-state index in [0.717, 1.165) is 37.1 Å². The fourth-order valence-corrected chi connectivity index (χ4v) is 3.35. The van der Waals surface area contributed by atoms with E-state index in [0.29, 0.717) is 11.5 Å². The first-order valence-corrected chi connectivity index (χ1v) is 8.05. The van der Waals surface area contributed by atoms with Gasteiger partial charge in [-0.1, -0.05) is 12.1 Å². The molecule has 2 aromatic carbocycles. The molecule has 24 heavy (non-hydrogen) atoms. The third-order valence-electron chi connectivity index (χ3n) is 4.54. The summed E-state index contributed by atoms with van der Waals surface area (Å²) in [5.41, 5.74) is 2.14. The number of rotatable bonds is 5. The van der Waals surface area contributed by atoms with E-state index in [9.17, 15) is 9.50 Å². The number of aromatic hydroxyl groups is 1. The smallest absolute Gasteiger partial charge is 0.200 e. The van der Waals surface area contributed by atoms with E-state index in [1.807, 2.05) is 24.3 Å². The number of hydrogen-bond donors (Lipinski definition) is 1. The lowest BCUT2D eigenvalue weighted by Crippen LogP contribution is -2.22. The van der Waals surface area contributed by atoms with Gasteiger partial charge in [0.1, 0.15) is 5.82 Å². The van der Waals surface area contributed by atoms with Crippen LogP contribution in [0.15, 0.2) is 36.4 Å². The highest BCUT2D eigenvalue weighted by Gasteiger charge is 2.26. The molecular weight excluding hydrogens is 309 g/mol. The second-order valence-corrected chi connectivity index (χ2v) is 6.03. The van der Waals surface area contributed by atoms with Crippen LogP contribution in [0.3, 0.4) is 0 Å². The Bertz CT molecular complexity index is 677. The van der Waals surface area contributed by atoms with Gasteiger partial charge in [-0.25, -0.2) is 4.39 Å². The van der Waals surface area contributed by atoms with Crippen LogP contribution in [0.4, 0.5) is 4.39 Å². The van der Waals surface area contributed by atoms with Gasteiger partial charge in [0, 0.05) is 12.6 Å². The molecule has 128 valence electrons. The van der Waals surface area contributed by atoms with Crippen LogP contribution in [-0.4, -0.2) is 30.8 Å². The molecular formula is C19H22FNO3. The molecule has 1 aliphatic rings. The Balaban J connectivity index is 1.83. The number of benzene rings is 2. The summed E-state index contributed by atoms with van der Waals surface area (Å²) in [5, 5.41) is 10.0. The van der Waals surface area contributed by atoms with Crippen molar-refractivity contribution >= 4 is 0 Å². The molecule has 1 fully saturated rings. The predicted octanol–water partition coefficient (Wildman–Crippen LogP) is 3.89. The molecule has 5 heteroatoms. The molecule has 0 aliphatic carbocycles. The minimum atomic E-state index is -0.212. The molecule has 0 radical (unpaired) electrons. The second-order valence-electron chi connectivity index (χ2n) is 6.03. The largest absolute Gasteiger partial charge is 0.502 e. The van der Waals surface area contributed by atoms with Crippen molar-refractivity contribution in [3.63, 3.8) is 0 Å². The van der Waals surface area contributed by atoms with Crippen molar-refractivity contribution in [1.29, 1.82) is 0 Å². The SMILES string of the molecule is COc1cc(CN2CCC[C@@H]2c2ccc(F)cc2)cc(OC)c1O. The van der Waals surface area contributed by atoms with Gasteiger partial charge in [0.25, 0.3) is 0 Å². The molecule has 1 N–H and O–H groups in total. The fourth-order valence-electron chi connectivity index (χ4n) is 3.35. The third kappa shape index (κ3) is 3.31. The summed E-state index contributed by atoms with van der Waals surface area (Å²) in [6.07, 6.45) is 2.16. The average Bonchev–Trinajstić information content (AvgIpc) is 3.05. The van der Waals surface area contributed by atoms with Gasteiger partial charge in [-0.05, 0) is 54.8 Å². The lowest BCUT2D eigenvalue weighted by Gasteiger charge is -2.25. The number of halogens is 1. The standard InChI is InChI=1S/C19H22FNO3/c1-23-17-10-13(11-18(24-2)19(17)22)12-21-9-3-4-16(21)14-5-7-15(20)8-6-14/h5-8,10-11,16,22H,3-4,9,12H2,1-2H3/t16-/m1/s1. The van der Waals surface area contributed by atoms with Crippen LogP contribution in [0.1, 0.15) is 30.0 Å². The molecule has 2 aromatic rings. The zero-order valence-corrected chi connectivity index (χ0v) is 14.0. The maximum Gasteiger partial charge on any atom is 0.200 e. The van der Waals surface area contributed by atoms with E-state index in [1.165, 1.54) is 26.4 Å². The molecule has 0 unspecified atom stereocenters. The van der Waals surface area contributed by atoms with Gasteiger partial charge in [-0.2, -0.15) is 0 Å². The highest BCUT2D eigenvalue weighted by atomic mass is 19.1. The average molecular weight is 331 g/mol. The first-order chi connectivity index (χ1) is 11.6. The molecule has 0 aromatic heterocycles. The van der Waals surface area contributed by atoms with Crippen LogP contribution in [-0.2, 0) is 6.54 Å². The van der Waals surface area contributed by atoms with Crippen molar-refractivity contribution in [2.45, 2.75) is 25.4 Å². The van der Waals surface area contributed by atoms with Crippen LogP contribution in [0.25, 0.3) is 0 Å². The number of ether oxygens (including phenoxy) is 2. The summed E-state index contributed by atoms with van der Waals surface area (Å²) in [6, 6.07) is 10.7. The summed E-state index contributed by atoms with van der Waals surface area (Å²) >= 11 is 0. The van der Waals surface area contributed by atoms with E-state index < -0.39 is 0 Å². The number of phenolic OH excluding ortho intramolecular Hbond substituents is 1. The minimum absolute atomic E-state index is 0.0141. The summed E-state index contributed by atoms with van der Waals surface area (Å²) in [5.74, 6) is 0.611. The molecule has 3 rings (SSSR count). The van der Waals surface area contributed by atoms with Crippen molar-refractivity contribution in [2.24, 2.45) is 0 Å². The van der Waals surface area contributed by atoms with Gasteiger partial charge in [0.2, 0.25) is 5.75 Å². The van der Waals surface area contributed by atoms with Gasteiger partial charge < -0.3 is 14.6 Å². The Morgan fingerprint density at radius 2 is 1.75 bits per heavy atom. The Hall–Kier alpha value is -2.27. The normalized spacial score (nSPS) is 17.9. The van der Waals surface area contributed by atoms with Gasteiger partial charge >= 0.3 is 0 Å². The van der Waals surface area contributed by atoms with Gasteiger partial charge in [-0.15, -0.1) is 0 Å². The molecule has 1 atom stereocenters. The second kappa shape index (κ2) is 7.09. The number of likely N-dealkylation sites (tertiary alicyclic amines) is 1. The maximum absolute atomic E-state index is 13.2.